The van der Waals surface area contributed by atoms with Gasteiger partial charge in [0.15, 0.2) is 12.4 Å². The maximum Gasteiger partial charge on any atom is 0.264 e. The maximum absolute atomic E-state index is 14.0. The van der Waals surface area contributed by atoms with Gasteiger partial charge < -0.3 is 19.6 Å². The summed E-state index contributed by atoms with van der Waals surface area (Å²) in [6, 6.07) is 11.4. The number of aromatic amines is 1. The molecule has 0 aliphatic carbocycles. The molecule has 0 aliphatic heterocycles. The van der Waals surface area contributed by atoms with Crippen molar-refractivity contribution in [3.63, 3.8) is 0 Å². The van der Waals surface area contributed by atoms with E-state index in [1.807, 2.05) is 0 Å². The van der Waals surface area contributed by atoms with Crippen LogP contribution in [0.5, 0.6) is 5.75 Å². The van der Waals surface area contributed by atoms with Crippen molar-refractivity contribution in [1.29, 1.82) is 0 Å². The number of nitrogens with zero attached hydrogens (tertiary/aromatic N) is 2. The fourth-order valence-electron chi connectivity index (χ4n) is 2.70. The first-order chi connectivity index (χ1) is 13.1. The Morgan fingerprint density at radius 2 is 2.07 bits per heavy atom. The average Bonchev–Trinajstić information content (AvgIpc) is 3.28. The van der Waals surface area contributed by atoms with Gasteiger partial charge in [-0.2, -0.15) is 4.98 Å². The molecule has 2 N–H and O–H groups in total. The monoisotopic (exact) mass is 366 g/mol. The number of anilines is 1. The molecule has 0 spiro atoms. The van der Waals surface area contributed by atoms with Crippen molar-refractivity contribution in [2.45, 2.75) is 13.5 Å². The molecule has 8 heteroatoms. The highest BCUT2D eigenvalue weighted by molar-refractivity contribution is 6.12. The Bertz CT molecular complexity index is 1100. The zero-order valence-corrected chi connectivity index (χ0v) is 14.3. The number of ether oxygens (including phenoxy) is 1. The van der Waals surface area contributed by atoms with Gasteiger partial charge in [0.05, 0.1) is 5.56 Å². The summed E-state index contributed by atoms with van der Waals surface area (Å²) in [6.45, 7) is 1.88. The molecule has 136 valence electrons. The summed E-state index contributed by atoms with van der Waals surface area (Å²) in [5.41, 5.74) is 1.38. The molecule has 7 nitrogen and oxygen atoms in total. The SMILES string of the molecule is Cc1noc(COc2ccc(NC(=O)c3c[nH]c4cccc(F)c34)cc2)n1. The minimum absolute atomic E-state index is 0.154. The molecule has 0 saturated carbocycles. The largest absolute Gasteiger partial charge is 0.484 e. The molecular formula is C19H15FN4O3. The van der Waals surface area contributed by atoms with Gasteiger partial charge in [-0.05, 0) is 43.3 Å². The lowest BCUT2D eigenvalue weighted by Crippen LogP contribution is -2.11. The van der Waals surface area contributed by atoms with Crippen molar-refractivity contribution >= 4 is 22.5 Å². The number of H-pyrrole nitrogens is 1. The van der Waals surface area contributed by atoms with E-state index in [1.165, 1.54) is 12.3 Å². The predicted octanol–water partition coefficient (Wildman–Crippen LogP) is 3.83. The Labute approximate surface area is 153 Å². The molecule has 0 saturated heterocycles. The summed E-state index contributed by atoms with van der Waals surface area (Å²) in [4.78, 5) is 19.4. The zero-order valence-electron chi connectivity index (χ0n) is 14.3. The fraction of sp³-hybridized carbons (Fsp3) is 0.105. The number of carbonyl (C=O) groups is 1. The number of fused-ring (bicyclic) bond motifs is 1. The van der Waals surface area contributed by atoms with Crippen LogP contribution in [0.4, 0.5) is 10.1 Å². The summed E-state index contributed by atoms with van der Waals surface area (Å²) >= 11 is 0. The highest BCUT2D eigenvalue weighted by atomic mass is 19.1. The second kappa shape index (κ2) is 6.91. The third kappa shape index (κ3) is 3.50. The molecule has 0 unspecified atom stereocenters. The molecule has 27 heavy (non-hydrogen) atoms. The standard InChI is InChI=1S/C19H15FN4O3/c1-11-22-17(27-24-11)10-26-13-7-5-12(6-8-13)23-19(25)14-9-21-16-4-2-3-15(20)18(14)16/h2-9,21H,10H2,1H3,(H,23,25). The second-order valence-electron chi connectivity index (χ2n) is 5.87. The van der Waals surface area contributed by atoms with Gasteiger partial charge in [-0.1, -0.05) is 11.2 Å². The topological polar surface area (TPSA) is 93.0 Å². The lowest BCUT2D eigenvalue weighted by molar-refractivity contribution is 0.102. The van der Waals surface area contributed by atoms with Crippen molar-refractivity contribution in [1.82, 2.24) is 15.1 Å². The number of rotatable bonds is 5. The molecule has 4 aromatic rings. The second-order valence-corrected chi connectivity index (χ2v) is 5.87. The Hall–Kier alpha value is -3.68. The molecular weight excluding hydrogens is 351 g/mol. The van der Waals surface area contributed by atoms with E-state index in [2.05, 4.69) is 20.4 Å². The van der Waals surface area contributed by atoms with Crippen LogP contribution in [-0.4, -0.2) is 21.0 Å². The van der Waals surface area contributed by atoms with Gasteiger partial charge in [-0.15, -0.1) is 0 Å². The van der Waals surface area contributed by atoms with Crippen molar-refractivity contribution in [3.8, 4) is 5.75 Å². The van der Waals surface area contributed by atoms with Crippen LogP contribution >= 0.6 is 0 Å². The predicted molar refractivity (Wildman–Crippen MR) is 96.0 cm³/mol. The van der Waals surface area contributed by atoms with Crippen LogP contribution in [0.2, 0.25) is 0 Å². The third-order valence-corrected chi connectivity index (χ3v) is 3.94. The maximum atomic E-state index is 14.0. The van der Waals surface area contributed by atoms with E-state index in [0.717, 1.165) is 0 Å². The number of aryl methyl sites for hydroxylation is 1. The van der Waals surface area contributed by atoms with Crippen LogP contribution in [-0.2, 0) is 6.61 Å². The van der Waals surface area contributed by atoms with Gasteiger partial charge in [0.1, 0.15) is 11.6 Å². The Morgan fingerprint density at radius 1 is 1.26 bits per heavy atom. The quantitative estimate of drug-likeness (QED) is 0.560. The summed E-state index contributed by atoms with van der Waals surface area (Å²) in [7, 11) is 0. The van der Waals surface area contributed by atoms with Crippen molar-refractivity contribution in [3.05, 3.63) is 71.8 Å². The van der Waals surface area contributed by atoms with E-state index in [0.29, 0.717) is 28.7 Å². The van der Waals surface area contributed by atoms with E-state index in [9.17, 15) is 9.18 Å². The van der Waals surface area contributed by atoms with E-state index in [-0.39, 0.29) is 17.6 Å². The van der Waals surface area contributed by atoms with Crippen molar-refractivity contribution < 1.29 is 18.4 Å². The van der Waals surface area contributed by atoms with Crippen LogP contribution in [0.15, 0.2) is 53.2 Å². The summed E-state index contributed by atoms with van der Waals surface area (Å²) in [6.07, 6.45) is 1.49. The van der Waals surface area contributed by atoms with Gasteiger partial charge >= 0.3 is 0 Å². The van der Waals surface area contributed by atoms with Gasteiger partial charge in [-0.25, -0.2) is 4.39 Å². The first-order valence-corrected chi connectivity index (χ1v) is 8.19. The van der Waals surface area contributed by atoms with Gasteiger partial charge in [0.2, 0.25) is 0 Å². The number of halogens is 1. The van der Waals surface area contributed by atoms with Crippen LogP contribution in [0.25, 0.3) is 10.9 Å². The van der Waals surface area contributed by atoms with E-state index < -0.39 is 11.7 Å². The fourth-order valence-corrected chi connectivity index (χ4v) is 2.70. The summed E-state index contributed by atoms with van der Waals surface area (Å²) < 4.78 is 24.5. The zero-order chi connectivity index (χ0) is 18.8. The summed E-state index contributed by atoms with van der Waals surface area (Å²) in [5.74, 6) is 0.661. The lowest BCUT2D eigenvalue weighted by atomic mass is 10.1. The van der Waals surface area contributed by atoms with Gasteiger partial charge in [-0.3, -0.25) is 4.79 Å². The molecule has 0 radical (unpaired) electrons. The van der Waals surface area contributed by atoms with Crippen LogP contribution < -0.4 is 10.1 Å². The Balaban J connectivity index is 1.44. The molecule has 1 amide bonds. The molecule has 0 bridgehead atoms. The molecule has 0 aliphatic rings. The van der Waals surface area contributed by atoms with E-state index in [1.54, 1.807) is 43.3 Å². The molecule has 2 aromatic carbocycles. The molecule has 0 fully saturated rings. The minimum atomic E-state index is -0.445. The van der Waals surface area contributed by atoms with E-state index in [4.69, 9.17) is 9.26 Å². The van der Waals surface area contributed by atoms with E-state index >= 15 is 0 Å². The van der Waals surface area contributed by atoms with Crippen LogP contribution in [0.1, 0.15) is 22.1 Å². The highest BCUT2D eigenvalue weighted by Crippen LogP contribution is 2.23. The highest BCUT2D eigenvalue weighted by Gasteiger charge is 2.15. The first-order valence-electron chi connectivity index (χ1n) is 8.19. The van der Waals surface area contributed by atoms with Crippen molar-refractivity contribution in [2.24, 2.45) is 0 Å². The molecule has 2 heterocycles. The Morgan fingerprint density at radius 3 is 2.81 bits per heavy atom. The minimum Gasteiger partial charge on any atom is -0.484 e. The number of carbonyl (C=O) groups excluding carboxylic acids is 1. The lowest BCUT2D eigenvalue weighted by Gasteiger charge is -2.07. The normalized spacial score (nSPS) is 10.9. The molecule has 2 aromatic heterocycles. The molecule has 0 atom stereocenters. The third-order valence-electron chi connectivity index (χ3n) is 3.94. The number of aromatic nitrogens is 3. The van der Waals surface area contributed by atoms with Crippen LogP contribution in [0.3, 0.4) is 0 Å². The van der Waals surface area contributed by atoms with Gasteiger partial charge in [0.25, 0.3) is 11.8 Å². The van der Waals surface area contributed by atoms with Gasteiger partial charge in [0, 0.05) is 22.8 Å². The summed E-state index contributed by atoms with van der Waals surface area (Å²) in [5, 5.41) is 6.70. The number of amides is 1. The number of hydrogen-bond acceptors (Lipinski definition) is 5. The number of benzene rings is 2. The van der Waals surface area contributed by atoms with Crippen LogP contribution in [0, 0.1) is 12.7 Å². The molecule has 4 rings (SSSR count). The van der Waals surface area contributed by atoms with Crippen molar-refractivity contribution in [2.75, 3.05) is 5.32 Å². The Kier molecular flexibility index (Phi) is 4.29. The number of hydrogen-bond donors (Lipinski definition) is 2. The average molecular weight is 366 g/mol. The smallest absolute Gasteiger partial charge is 0.264 e. The first kappa shape index (κ1) is 16.8. The number of nitrogens with one attached hydrogen (secondary N) is 2.